The van der Waals surface area contributed by atoms with Crippen molar-refractivity contribution in [3.63, 3.8) is 0 Å². The lowest BCUT2D eigenvalue weighted by Crippen LogP contribution is -2.72. The van der Waals surface area contributed by atoms with Gasteiger partial charge in [0.25, 0.3) is 0 Å². The van der Waals surface area contributed by atoms with E-state index >= 15 is 0 Å². The first-order chi connectivity index (χ1) is 19.4. The van der Waals surface area contributed by atoms with Crippen molar-refractivity contribution in [1.82, 2.24) is 35.8 Å². The van der Waals surface area contributed by atoms with Crippen LogP contribution >= 0.6 is 0 Å². The van der Waals surface area contributed by atoms with Crippen LogP contribution < -0.4 is 26.6 Å². The second-order valence-electron chi connectivity index (χ2n) is 13.6. The van der Waals surface area contributed by atoms with Crippen LogP contribution in [-0.2, 0) is 14.8 Å². The van der Waals surface area contributed by atoms with Gasteiger partial charge in [-0.1, -0.05) is 12.8 Å². The number of halogens is 3. The minimum absolute atomic E-state index is 0.000990. The summed E-state index contributed by atoms with van der Waals surface area (Å²) in [6, 6.07) is -1.22. The van der Waals surface area contributed by atoms with Crippen molar-refractivity contribution in [2.75, 3.05) is 46.7 Å². The number of likely N-dealkylation sites (N-methyl/N-ethyl adjacent to an activating group) is 1. The monoisotopic (exact) mass is 607 g/mol. The fourth-order valence-electron chi connectivity index (χ4n) is 8.76. The Kier molecular flexibility index (Phi) is 8.71. The predicted octanol–water partition coefficient (Wildman–Crippen LogP) is 0.640. The molecule has 236 valence electrons. The lowest BCUT2D eigenvalue weighted by Gasteiger charge is -2.48. The van der Waals surface area contributed by atoms with E-state index in [4.69, 9.17) is 4.74 Å². The molecule has 0 aromatic heterocycles. The molecular formula is C27H48F3N7O3S. The van der Waals surface area contributed by atoms with Crippen LogP contribution in [-0.4, -0.2) is 113 Å². The first-order valence-electron chi connectivity index (χ1n) is 15.4. The smallest absolute Gasteiger partial charge is 0.366 e. The van der Waals surface area contributed by atoms with Crippen LogP contribution in [0.3, 0.4) is 0 Å². The second kappa shape index (κ2) is 11.7. The van der Waals surface area contributed by atoms with Crippen LogP contribution in [0.4, 0.5) is 13.2 Å². The van der Waals surface area contributed by atoms with Gasteiger partial charge in [0, 0.05) is 51.4 Å². The Hall–Kier alpha value is -0.580. The van der Waals surface area contributed by atoms with Gasteiger partial charge in [0.1, 0.15) is 12.3 Å². The lowest BCUT2D eigenvalue weighted by molar-refractivity contribution is -0.150. The van der Waals surface area contributed by atoms with Crippen molar-refractivity contribution >= 4 is 10.0 Å². The van der Waals surface area contributed by atoms with E-state index in [1.165, 1.54) is 19.1 Å². The summed E-state index contributed by atoms with van der Waals surface area (Å²) in [5, 5.41) is 17.5. The molecule has 2 saturated carbocycles. The summed E-state index contributed by atoms with van der Waals surface area (Å²) in [6.45, 7) is 1.82. The molecular weight excluding hydrogens is 559 g/mol. The first-order valence-corrected chi connectivity index (χ1v) is 17.3. The van der Waals surface area contributed by atoms with Crippen molar-refractivity contribution in [3.8, 4) is 0 Å². The fraction of sp³-hybridized carbons (Fsp3) is 1.00. The summed E-state index contributed by atoms with van der Waals surface area (Å²) in [4.78, 5) is 1.82. The minimum Gasteiger partial charge on any atom is -0.366 e. The third-order valence-corrected chi connectivity index (χ3v) is 12.2. The topological polar surface area (TPSA) is 110 Å². The summed E-state index contributed by atoms with van der Waals surface area (Å²) in [5.74, 6) is 1.64. The maximum Gasteiger partial charge on any atom is 0.405 e. The number of hydrogen-bond donors (Lipinski definition) is 5. The van der Waals surface area contributed by atoms with Gasteiger partial charge in [0.05, 0.1) is 24.6 Å². The molecule has 0 amide bonds. The number of nitrogens with one attached hydrogen (secondary N) is 5. The van der Waals surface area contributed by atoms with Gasteiger partial charge in [0.2, 0.25) is 10.0 Å². The highest BCUT2D eigenvalue weighted by atomic mass is 32.2. The van der Waals surface area contributed by atoms with Crippen molar-refractivity contribution in [2.45, 2.75) is 93.8 Å². The van der Waals surface area contributed by atoms with Crippen LogP contribution in [0.2, 0.25) is 0 Å². The maximum absolute atomic E-state index is 13.3. The molecule has 6 aliphatic rings. The molecule has 6 rings (SSSR count). The molecule has 9 atom stereocenters. The predicted molar refractivity (Wildman–Crippen MR) is 149 cm³/mol. The highest BCUT2D eigenvalue weighted by molar-refractivity contribution is 7.88. The van der Waals surface area contributed by atoms with Crippen LogP contribution in [0.25, 0.3) is 0 Å². The zero-order valence-corrected chi connectivity index (χ0v) is 25.2. The van der Waals surface area contributed by atoms with E-state index in [1.807, 2.05) is 4.90 Å². The van der Waals surface area contributed by atoms with Gasteiger partial charge < -0.3 is 10.1 Å². The van der Waals surface area contributed by atoms with E-state index in [2.05, 4.69) is 26.6 Å². The Morgan fingerprint density at radius 3 is 2.24 bits per heavy atom. The fourth-order valence-corrected chi connectivity index (χ4v) is 9.92. The molecule has 9 unspecified atom stereocenters. The third-order valence-electron chi connectivity index (χ3n) is 10.9. The molecule has 4 saturated heterocycles. The standard InChI is InChI=1S/C27H48F3N7O3S/c1-36-13-20(27(28,29)30)34-25(36)17-6-4-15(5-7-17)10-18-12-37(41(3,38)39)19-11-31-24(35-22(18)19)21-23(16-8-9-16)32-14-33-26(21)40-2/h15-26,31-35H,4-14H2,1-3H3. The van der Waals surface area contributed by atoms with E-state index in [1.54, 1.807) is 18.5 Å². The summed E-state index contributed by atoms with van der Waals surface area (Å²) in [7, 11) is 0.164. The molecule has 14 heteroatoms. The molecule has 0 spiro atoms. The molecule has 0 radical (unpaired) electrons. The van der Waals surface area contributed by atoms with Crippen molar-refractivity contribution < 1.29 is 26.3 Å². The average molecular weight is 608 g/mol. The van der Waals surface area contributed by atoms with Crippen molar-refractivity contribution in [1.29, 1.82) is 0 Å². The highest BCUT2D eigenvalue weighted by Gasteiger charge is 2.53. The molecule has 6 fully saturated rings. The van der Waals surface area contributed by atoms with Gasteiger partial charge in [0.15, 0.2) is 0 Å². The normalized spacial score (nSPS) is 45.2. The molecule has 2 aliphatic carbocycles. The van der Waals surface area contributed by atoms with Crippen molar-refractivity contribution in [2.24, 2.45) is 29.6 Å². The summed E-state index contributed by atoms with van der Waals surface area (Å²) < 4.78 is 73.1. The Morgan fingerprint density at radius 1 is 0.927 bits per heavy atom. The largest absolute Gasteiger partial charge is 0.405 e. The molecule has 0 bridgehead atoms. The van der Waals surface area contributed by atoms with Gasteiger partial charge >= 0.3 is 6.18 Å². The van der Waals surface area contributed by atoms with E-state index in [-0.39, 0.29) is 54.9 Å². The van der Waals surface area contributed by atoms with Crippen molar-refractivity contribution in [3.05, 3.63) is 0 Å². The Balaban J connectivity index is 1.11. The Bertz CT molecular complexity index is 1030. The molecule has 41 heavy (non-hydrogen) atoms. The summed E-state index contributed by atoms with van der Waals surface area (Å²) in [5.41, 5.74) is 0. The van der Waals surface area contributed by atoms with Crippen LogP contribution in [0.15, 0.2) is 0 Å². The minimum atomic E-state index is -4.23. The number of sulfonamides is 1. The van der Waals surface area contributed by atoms with E-state index in [0.29, 0.717) is 37.6 Å². The van der Waals surface area contributed by atoms with Gasteiger partial charge in [-0.25, -0.2) is 8.42 Å². The number of methoxy groups -OCH3 is 1. The lowest BCUT2D eigenvalue weighted by atomic mass is 9.75. The molecule has 5 N–H and O–H groups in total. The number of rotatable bonds is 7. The maximum atomic E-state index is 13.3. The molecule has 4 heterocycles. The number of nitrogens with zero attached hydrogens (tertiary/aromatic N) is 2. The Labute approximate surface area is 242 Å². The van der Waals surface area contributed by atoms with Crippen LogP contribution in [0, 0.1) is 29.6 Å². The number of ether oxygens (including phenoxy) is 1. The summed E-state index contributed by atoms with van der Waals surface area (Å²) in [6.07, 6.45) is 3.84. The average Bonchev–Trinajstić information content (AvgIpc) is 3.60. The van der Waals surface area contributed by atoms with Gasteiger partial charge in [-0.2, -0.15) is 17.5 Å². The van der Waals surface area contributed by atoms with E-state index in [9.17, 15) is 21.6 Å². The van der Waals surface area contributed by atoms with E-state index in [0.717, 1.165) is 32.1 Å². The SMILES string of the molecule is COC1NCNC(C2CC2)C1C1NCC2C(N1)C(CC1CCC(C3NC(C(F)(F)F)CN3C)CC1)CN2S(C)(=O)=O. The number of fused-ring (bicyclic) bond motifs is 1. The van der Waals surface area contributed by atoms with Gasteiger partial charge in [-0.15, -0.1) is 0 Å². The summed E-state index contributed by atoms with van der Waals surface area (Å²) >= 11 is 0. The zero-order valence-electron chi connectivity index (χ0n) is 24.4. The van der Waals surface area contributed by atoms with Gasteiger partial charge in [-0.05, 0) is 62.8 Å². The number of hydrogen-bond acceptors (Lipinski definition) is 9. The zero-order chi connectivity index (χ0) is 29.1. The molecule has 0 aromatic carbocycles. The number of alkyl halides is 3. The third kappa shape index (κ3) is 6.32. The highest BCUT2D eigenvalue weighted by Crippen LogP contribution is 2.42. The second-order valence-corrected chi connectivity index (χ2v) is 15.5. The first kappa shape index (κ1) is 30.4. The Morgan fingerprint density at radius 2 is 1.63 bits per heavy atom. The van der Waals surface area contributed by atoms with Crippen LogP contribution in [0.5, 0.6) is 0 Å². The molecule has 0 aromatic rings. The molecule has 10 nitrogen and oxygen atoms in total. The van der Waals surface area contributed by atoms with Crippen LogP contribution in [0.1, 0.15) is 44.9 Å². The molecule has 4 aliphatic heterocycles. The quantitative estimate of drug-likeness (QED) is 0.285. The van der Waals surface area contributed by atoms with E-state index < -0.39 is 22.2 Å². The van der Waals surface area contributed by atoms with Gasteiger partial charge in [-0.3, -0.25) is 26.2 Å².